The van der Waals surface area contributed by atoms with Crippen molar-refractivity contribution in [3.63, 3.8) is 0 Å². The molecule has 0 aromatic heterocycles. The van der Waals surface area contributed by atoms with Crippen LogP contribution in [0.5, 0.6) is 0 Å². The number of hydrogen-bond acceptors (Lipinski definition) is 4. The summed E-state index contributed by atoms with van der Waals surface area (Å²) < 4.78 is 0.932. The second-order valence-corrected chi connectivity index (χ2v) is 5.76. The molecule has 2 aromatic carbocycles. The first-order valence-corrected chi connectivity index (χ1v) is 7.87. The predicted octanol–water partition coefficient (Wildman–Crippen LogP) is 3.59. The molecule has 0 heterocycles. The molecule has 0 unspecified atom stereocenters. The van der Waals surface area contributed by atoms with Gasteiger partial charge in [-0.2, -0.15) is 0 Å². The van der Waals surface area contributed by atoms with Crippen LogP contribution in [0.3, 0.4) is 0 Å². The van der Waals surface area contributed by atoms with Crippen LogP contribution >= 0.6 is 15.9 Å². The van der Waals surface area contributed by atoms with Gasteiger partial charge in [-0.15, -0.1) is 0 Å². The fraction of sp³-hybridized carbons (Fsp3) is 0.188. The summed E-state index contributed by atoms with van der Waals surface area (Å²) in [6, 6.07) is 13.4. The van der Waals surface area contributed by atoms with E-state index >= 15 is 0 Å². The van der Waals surface area contributed by atoms with E-state index in [1.165, 1.54) is 12.1 Å². The van der Waals surface area contributed by atoms with E-state index in [0.717, 1.165) is 16.6 Å². The quantitative estimate of drug-likeness (QED) is 0.438. The van der Waals surface area contributed by atoms with Crippen LogP contribution in [0.4, 0.5) is 11.4 Å². The third-order valence-corrected chi connectivity index (χ3v) is 3.68. The second kappa shape index (κ2) is 8.28. The highest BCUT2D eigenvalue weighted by Crippen LogP contribution is 2.15. The Balaban J connectivity index is 1.68. The predicted molar refractivity (Wildman–Crippen MR) is 92.7 cm³/mol. The number of rotatable bonds is 7. The molecule has 0 radical (unpaired) electrons. The number of halogens is 1. The molecule has 120 valence electrons. The Hall–Kier alpha value is -2.41. The van der Waals surface area contributed by atoms with Crippen molar-refractivity contribution in [2.24, 2.45) is 0 Å². The number of amides is 1. The fourth-order valence-corrected chi connectivity index (χ4v) is 2.19. The van der Waals surface area contributed by atoms with E-state index in [0.29, 0.717) is 18.7 Å². The van der Waals surface area contributed by atoms with E-state index in [4.69, 9.17) is 0 Å². The topological polar surface area (TPSA) is 84.3 Å². The third kappa shape index (κ3) is 5.37. The molecular weight excluding hydrogens is 362 g/mol. The Kier molecular flexibility index (Phi) is 6.10. The number of carbonyl (C=O) groups excluding carboxylic acids is 1. The average molecular weight is 378 g/mol. The molecule has 23 heavy (non-hydrogen) atoms. The van der Waals surface area contributed by atoms with Crippen molar-refractivity contribution in [2.75, 3.05) is 18.4 Å². The summed E-state index contributed by atoms with van der Waals surface area (Å²) in [4.78, 5) is 22.0. The van der Waals surface area contributed by atoms with Gasteiger partial charge in [-0.25, -0.2) is 0 Å². The third-order valence-electron chi connectivity index (χ3n) is 3.15. The number of nitrogens with zero attached hydrogens (tertiary/aromatic N) is 1. The maximum atomic E-state index is 11.9. The molecule has 7 heteroatoms. The number of carbonyl (C=O) groups is 1. The van der Waals surface area contributed by atoms with Crippen LogP contribution in [0.2, 0.25) is 0 Å². The lowest BCUT2D eigenvalue weighted by atomic mass is 10.2. The van der Waals surface area contributed by atoms with E-state index in [9.17, 15) is 14.9 Å². The van der Waals surface area contributed by atoms with Gasteiger partial charge in [0.05, 0.1) is 4.92 Å². The van der Waals surface area contributed by atoms with E-state index in [1.54, 1.807) is 24.3 Å². The van der Waals surface area contributed by atoms with Gasteiger partial charge in [0.15, 0.2) is 0 Å². The summed E-state index contributed by atoms with van der Waals surface area (Å²) >= 11 is 3.32. The molecule has 0 spiro atoms. The summed E-state index contributed by atoms with van der Waals surface area (Å²) in [6.07, 6.45) is 0.749. The van der Waals surface area contributed by atoms with Gasteiger partial charge in [-0.05, 0) is 42.8 Å². The molecule has 2 aromatic rings. The lowest BCUT2D eigenvalue weighted by Gasteiger charge is -2.07. The first-order chi connectivity index (χ1) is 11.1. The molecule has 0 aliphatic carbocycles. The van der Waals surface area contributed by atoms with Crippen molar-refractivity contribution in [1.82, 2.24) is 5.32 Å². The minimum atomic E-state index is -0.429. The zero-order chi connectivity index (χ0) is 16.7. The number of anilines is 1. The average Bonchev–Trinajstić information content (AvgIpc) is 2.55. The molecular formula is C16H16BrN3O3. The number of nitro groups is 1. The molecule has 2 rings (SSSR count). The number of benzene rings is 2. The maximum absolute atomic E-state index is 11.9. The summed E-state index contributed by atoms with van der Waals surface area (Å²) in [5.74, 6) is -0.104. The number of nitro benzene ring substituents is 1. The van der Waals surface area contributed by atoms with Crippen molar-refractivity contribution < 1.29 is 9.72 Å². The van der Waals surface area contributed by atoms with Crippen molar-refractivity contribution >= 4 is 33.2 Å². The number of non-ortho nitro benzene ring substituents is 1. The molecule has 2 N–H and O–H groups in total. The van der Waals surface area contributed by atoms with E-state index in [2.05, 4.69) is 26.6 Å². The molecule has 0 atom stereocenters. The Morgan fingerprint density at radius 2 is 1.70 bits per heavy atom. The van der Waals surface area contributed by atoms with Crippen LogP contribution in [0.25, 0.3) is 0 Å². The Morgan fingerprint density at radius 1 is 1.04 bits per heavy atom. The standard InChI is InChI=1S/C16H16BrN3O3/c17-13-4-2-12(3-5-13)16(21)19-11-1-10-18-14-6-8-15(9-7-14)20(22)23/h2-9,18H,1,10-11H2,(H,19,21). The molecule has 0 saturated carbocycles. The van der Waals surface area contributed by atoms with Gasteiger partial charge in [-0.3, -0.25) is 14.9 Å². The normalized spacial score (nSPS) is 10.1. The first-order valence-electron chi connectivity index (χ1n) is 7.08. The van der Waals surface area contributed by atoms with Gasteiger partial charge in [0.2, 0.25) is 0 Å². The zero-order valence-electron chi connectivity index (χ0n) is 12.3. The van der Waals surface area contributed by atoms with Crippen molar-refractivity contribution in [3.8, 4) is 0 Å². The molecule has 0 aliphatic heterocycles. The summed E-state index contributed by atoms with van der Waals surface area (Å²) in [5.41, 5.74) is 1.50. The monoisotopic (exact) mass is 377 g/mol. The van der Waals surface area contributed by atoms with Crippen LogP contribution in [0, 0.1) is 10.1 Å². The van der Waals surface area contributed by atoms with Gasteiger partial charge >= 0.3 is 0 Å². The van der Waals surface area contributed by atoms with Crippen molar-refractivity contribution in [1.29, 1.82) is 0 Å². The van der Waals surface area contributed by atoms with Gasteiger partial charge < -0.3 is 10.6 Å². The first kappa shape index (κ1) is 17.0. The number of nitrogens with one attached hydrogen (secondary N) is 2. The van der Waals surface area contributed by atoms with Crippen LogP contribution in [0.1, 0.15) is 16.8 Å². The molecule has 0 saturated heterocycles. The van der Waals surface area contributed by atoms with Gasteiger partial charge in [0.25, 0.3) is 11.6 Å². The Bertz CT molecular complexity index is 672. The van der Waals surface area contributed by atoms with Crippen LogP contribution in [0.15, 0.2) is 53.0 Å². The van der Waals surface area contributed by atoms with Crippen LogP contribution in [-0.2, 0) is 0 Å². The van der Waals surface area contributed by atoms with E-state index in [-0.39, 0.29) is 11.6 Å². The van der Waals surface area contributed by atoms with Crippen molar-refractivity contribution in [3.05, 3.63) is 68.7 Å². The SMILES string of the molecule is O=C(NCCCNc1ccc([N+](=O)[O-])cc1)c1ccc(Br)cc1. The molecule has 0 bridgehead atoms. The summed E-state index contributed by atoms with van der Waals surface area (Å²) in [6.45, 7) is 1.22. The minimum absolute atomic E-state index is 0.0670. The smallest absolute Gasteiger partial charge is 0.269 e. The summed E-state index contributed by atoms with van der Waals surface area (Å²) in [7, 11) is 0. The molecule has 0 fully saturated rings. The minimum Gasteiger partial charge on any atom is -0.385 e. The van der Waals surface area contributed by atoms with Crippen molar-refractivity contribution in [2.45, 2.75) is 6.42 Å². The lowest BCUT2D eigenvalue weighted by molar-refractivity contribution is -0.384. The fourth-order valence-electron chi connectivity index (χ4n) is 1.93. The maximum Gasteiger partial charge on any atom is 0.269 e. The largest absolute Gasteiger partial charge is 0.385 e. The van der Waals surface area contributed by atoms with Gasteiger partial charge in [0, 0.05) is 40.9 Å². The number of hydrogen-bond donors (Lipinski definition) is 2. The second-order valence-electron chi connectivity index (χ2n) is 4.85. The van der Waals surface area contributed by atoms with Crippen LogP contribution < -0.4 is 10.6 Å². The molecule has 6 nitrogen and oxygen atoms in total. The highest BCUT2D eigenvalue weighted by atomic mass is 79.9. The highest BCUT2D eigenvalue weighted by molar-refractivity contribution is 9.10. The molecule has 0 aliphatic rings. The van der Waals surface area contributed by atoms with E-state index < -0.39 is 4.92 Å². The Labute approximate surface area is 142 Å². The highest BCUT2D eigenvalue weighted by Gasteiger charge is 2.05. The van der Waals surface area contributed by atoms with E-state index in [1.807, 2.05) is 12.1 Å². The zero-order valence-corrected chi connectivity index (χ0v) is 13.9. The lowest BCUT2D eigenvalue weighted by Crippen LogP contribution is -2.25. The van der Waals surface area contributed by atoms with Crippen LogP contribution in [-0.4, -0.2) is 23.9 Å². The molecule has 1 amide bonds. The van der Waals surface area contributed by atoms with Gasteiger partial charge in [-0.1, -0.05) is 15.9 Å². The van der Waals surface area contributed by atoms with Gasteiger partial charge in [0.1, 0.15) is 0 Å². The Morgan fingerprint density at radius 3 is 2.30 bits per heavy atom. The summed E-state index contributed by atoms with van der Waals surface area (Å²) in [5, 5.41) is 16.6.